The number of hydrogen-bond donors (Lipinski definition) is 0. The van der Waals surface area contributed by atoms with Crippen LogP contribution in [0.1, 0.15) is 12.0 Å². The summed E-state index contributed by atoms with van der Waals surface area (Å²) in [5.74, 6) is 0.998. The normalized spacial score (nSPS) is 9.60. The number of aryl methyl sites for hydroxylation is 1. The predicted molar refractivity (Wildman–Crippen MR) is 52.8 cm³/mol. The van der Waals surface area contributed by atoms with E-state index in [2.05, 4.69) is 18.2 Å². The summed E-state index contributed by atoms with van der Waals surface area (Å²) in [4.78, 5) is 0. The number of benzene rings is 1. The van der Waals surface area contributed by atoms with Gasteiger partial charge in [0.2, 0.25) is 0 Å². The van der Waals surface area contributed by atoms with Crippen LogP contribution in [0, 0.1) is 0 Å². The van der Waals surface area contributed by atoms with Crippen molar-refractivity contribution in [3.63, 3.8) is 0 Å². The second kappa shape index (κ2) is 8.26. The molecule has 0 radical (unpaired) electrons. The van der Waals surface area contributed by atoms with Crippen LogP contribution < -0.4 is 25.9 Å². The van der Waals surface area contributed by atoms with Crippen molar-refractivity contribution in [3.8, 4) is 5.75 Å². The molecule has 1 rings (SSSR count). The molecule has 0 spiro atoms. The van der Waals surface area contributed by atoms with Crippen LogP contribution in [0.15, 0.2) is 18.2 Å². The second-order valence-electron chi connectivity index (χ2n) is 3.24. The maximum atomic E-state index is 5.30. The van der Waals surface area contributed by atoms with E-state index in [4.69, 9.17) is 9.47 Å². The predicted octanol–water partition coefficient (Wildman–Crippen LogP) is -1.55. The van der Waals surface area contributed by atoms with Crippen molar-refractivity contribution >= 4 is 4.16 Å². The van der Waals surface area contributed by atoms with Crippen LogP contribution in [0.5, 0.6) is 5.75 Å². The van der Waals surface area contributed by atoms with Crippen LogP contribution in [0.25, 0.3) is 0 Å². The van der Waals surface area contributed by atoms with E-state index in [1.807, 2.05) is 0 Å². The Morgan fingerprint density at radius 1 is 1.27 bits per heavy atom. The molecule has 0 atom stereocenters. The van der Waals surface area contributed by atoms with Gasteiger partial charge in [0.15, 0.2) is 0 Å². The van der Waals surface area contributed by atoms with Gasteiger partial charge in [-0.25, -0.2) is 0 Å². The third-order valence-corrected chi connectivity index (χ3v) is 3.06. The van der Waals surface area contributed by atoms with E-state index in [0.29, 0.717) is 0 Å². The molecule has 1 aromatic carbocycles. The molecule has 80 valence electrons. The topological polar surface area (TPSA) is 18.5 Å². The molecule has 0 heterocycles. The Hall–Kier alpha value is 0.0834. The second-order valence-corrected chi connectivity index (χ2v) is 4.96. The molecule has 0 unspecified atom stereocenters. The van der Waals surface area contributed by atoms with Gasteiger partial charge in [0, 0.05) is 0 Å². The van der Waals surface area contributed by atoms with Crippen LogP contribution in [-0.2, 0) is 29.5 Å². The van der Waals surface area contributed by atoms with Crippen LogP contribution in [-0.4, -0.2) is 20.8 Å². The van der Waals surface area contributed by atoms with Gasteiger partial charge < -0.3 is 17.0 Å². The van der Waals surface area contributed by atoms with Gasteiger partial charge in [-0.1, -0.05) is 0 Å². The Bertz CT molecular complexity index is 292. The first-order valence-electron chi connectivity index (χ1n) is 4.75. The minimum absolute atomic E-state index is 0. The fraction of sp³-hybridized carbons (Fsp3) is 0.455. The van der Waals surface area contributed by atoms with Crippen LogP contribution in [0.4, 0.5) is 0 Å². The Morgan fingerprint density at radius 3 is 2.60 bits per heavy atom. The number of halogens is 1. The maximum Gasteiger partial charge on any atom is -1.00 e. The van der Waals surface area contributed by atoms with Gasteiger partial charge >= 0.3 is 95.1 Å². The van der Waals surface area contributed by atoms with E-state index in [9.17, 15) is 0 Å². The largest absolute Gasteiger partial charge is 1.00 e. The molecule has 4 heteroatoms. The van der Waals surface area contributed by atoms with E-state index in [0.717, 1.165) is 25.2 Å². The van der Waals surface area contributed by atoms with E-state index in [1.54, 1.807) is 14.2 Å². The Balaban J connectivity index is 0.00000196. The van der Waals surface area contributed by atoms with Crippen molar-refractivity contribution in [2.45, 2.75) is 12.8 Å². The summed E-state index contributed by atoms with van der Waals surface area (Å²) in [5, 5.41) is 0. The zero-order valence-electron chi connectivity index (χ0n) is 9.25. The number of ether oxygens (including phenoxy) is 2. The molecule has 0 N–H and O–H groups in total. The maximum absolute atomic E-state index is 5.30. The SMILES string of the molecule is COCCCc1c[c]([Zn+])ccc1OC.[Br-]. The minimum Gasteiger partial charge on any atom is -1.00 e. The standard InChI is InChI=1S/C11H15O2.BrH.Zn/c1-12-9-5-7-10-6-3-4-8-11(10)13-2;;/h4,6,8H,5,7,9H2,1-2H3;1H;/q;;+1/p-1. The summed E-state index contributed by atoms with van der Waals surface area (Å²) in [6.45, 7) is 0.813. The zero-order valence-corrected chi connectivity index (χ0v) is 13.8. The molecule has 2 nitrogen and oxygen atoms in total. The van der Waals surface area contributed by atoms with Gasteiger partial charge in [-0.2, -0.15) is 0 Å². The molecule has 1 aromatic rings. The van der Waals surface area contributed by atoms with E-state index in [-0.39, 0.29) is 17.0 Å². The molecule has 0 saturated carbocycles. The molecule has 0 amide bonds. The van der Waals surface area contributed by atoms with Gasteiger partial charge in [-0.15, -0.1) is 0 Å². The molecule has 0 aliphatic heterocycles. The number of methoxy groups -OCH3 is 2. The van der Waals surface area contributed by atoms with Crippen molar-refractivity contribution in [1.29, 1.82) is 0 Å². The minimum atomic E-state index is 0. The first-order chi connectivity index (χ1) is 6.77. The summed E-state index contributed by atoms with van der Waals surface area (Å²) in [7, 11) is 3.46. The van der Waals surface area contributed by atoms with Crippen LogP contribution in [0.3, 0.4) is 0 Å². The Labute approximate surface area is 112 Å². The molecule has 15 heavy (non-hydrogen) atoms. The van der Waals surface area contributed by atoms with Gasteiger partial charge in [0.1, 0.15) is 0 Å². The van der Waals surface area contributed by atoms with Crippen molar-refractivity contribution in [2.75, 3.05) is 20.8 Å². The molecule has 0 aliphatic rings. The first kappa shape index (κ1) is 15.1. The zero-order chi connectivity index (χ0) is 10.4. The fourth-order valence-corrected chi connectivity index (χ4v) is 2.20. The molecule has 0 bridgehead atoms. The van der Waals surface area contributed by atoms with Crippen LogP contribution in [0.2, 0.25) is 0 Å². The third kappa shape index (κ3) is 5.10. The van der Waals surface area contributed by atoms with E-state index >= 15 is 0 Å². The number of rotatable bonds is 5. The van der Waals surface area contributed by atoms with E-state index < -0.39 is 0 Å². The average Bonchev–Trinajstić information content (AvgIpc) is 2.19. The quantitative estimate of drug-likeness (QED) is 0.482. The smallest absolute Gasteiger partial charge is 1.00 e. The summed E-state index contributed by atoms with van der Waals surface area (Å²) in [5.41, 5.74) is 1.30. The summed E-state index contributed by atoms with van der Waals surface area (Å²) in [6.07, 6.45) is 2.08. The molecular formula is C11H15BrO2Zn. The summed E-state index contributed by atoms with van der Waals surface area (Å²) in [6, 6.07) is 6.41. The van der Waals surface area contributed by atoms with Gasteiger partial charge in [-0.05, 0) is 0 Å². The van der Waals surface area contributed by atoms with Crippen molar-refractivity contribution in [3.05, 3.63) is 23.8 Å². The molecule has 0 aromatic heterocycles. The summed E-state index contributed by atoms with van der Waals surface area (Å²) < 4.78 is 11.7. The van der Waals surface area contributed by atoms with E-state index in [1.165, 1.54) is 28.0 Å². The summed E-state index contributed by atoms with van der Waals surface area (Å²) >= 11 is 1.20. The molecule has 0 aliphatic carbocycles. The average molecular weight is 325 g/mol. The fourth-order valence-electron chi connectivity index (χ4n) is 1.43. The number of hydrogen-bond acceptors (Lipinski definition) is 2. The monoisotopic (exact) mass is 322 g/mol. The van der Waals surface area contributed by atoms with Gasteiger partial charge in [0.05, 0.1) is 0 Å². The molecular weight excluding hydrogens is 309 g/mol. The first-order valence-corrected chi connectivity index (χ1v) is 6.24. The van der Waals surface area contributed by atoms with Crippen molar-refractivity contribution in [2.24, 2.45) is 0 Å². The Morgan fingerprint density at radius 2 is 2.00 bits per heavy atom. The van der Waals surface area contributed by atoms with Crippen molar-refractivity contribution in [1.82, 2.24) is 0 Å². The van der Waals surface area contributed by atoms with Gasteiger partial charge in [-0.3, -0.25) is 0 Å². The third-order valence-electron chi connectivity index (χ3n) is 2.14. The van der Waals surface area contributed by atoms with Gasteiger partial charge in [0.25, 0.3) is 0 Å². The van der Waals surface area contributed by atoms with Crippen LogP contribution >= 0.6 is 0 Å². The molecule has 0 fully saturated rings. The van der Waals surface area contributed by atoms with Crippen molar-refractivity contribution < 1.29 is 44.8 Å². The Kier molecular flexibility index (Phi) is 8.31. The molecule has 0 saturated heterocycles.